The van der Waals surface area contributed by atoms with Crippen molar-refractivity contribution in [1.82, 2.24) is 0 Å². The van der Waals surface area contributed by atoms with Crippen LogP contribution in [0.4, 0.5) is 17.1 Å². The van der Waals surface area contributed by atoms with E-state index in [1.807, 2.05) is 0 Å². The molecule has 0 unspecified atom stereocenters. The second kappa shape index (κ2) is 10.1. The molecule has 2 nitrogen and oxygen atoms in total. The van der Waals surface area contributed by atoms with Gasteiger partial charge in [-0.25, -0.2) is 0 Å². The van der Waals surface area contributed by atoms with Crippen LogP contribution in [-0.4, -0.2) is 0 Å². The maximum absolute atomic E-state index is 6.98. The molecular weight excluding hydrogens is 595 g/mol. The van der Waals surface area contributed by atoms with Crippen LogP contribution in [0.5, 0.6) is 0 Å². The minimum Gasteiger partial charge on any atom is -0.456 e. The van der Waals surface area contributed by atoms with Crippen LogP contribution in [0.1, 0.15) is 48.6 Å². The third-order valence-electron chi connectivity index (χ3n) is 11.3. The van der Waals surface area contributed by atoms with Crippen molar-refractivity contribution in [3.8, 4) is 22.3 Å². The number of furan rings is 1. The molecule has 2 aliphatic rings. The van der Waals surface area contributed by atoms with Gasteiger partial charge in [0.25, 0.3) is 0 Å². The minimum atomic E-state index is -0.361. The molecule has 7 aromatic carbocycles. The second-order valence-electron chi connectivity index (χ2n) is 14.2. The largest absolute Gasteiger partial charge is 0.456 e. The predicted molar refractivity (Wildman–Crippen MR) is 203 cm³/mol. The zero-order valence-electron chi connectivity index (χ0n) is 27.9. The van der Waals surface area contributed by atoms with Gasteiger partial charge in [0.2, 0.25) is 0 Å². The number of hydrogen-bond acceptors (Lipinski definition) is 2. The Hall–Kier alpha value is -5.86. The molecule has 10 rings (SSSR count). The number of fused-ring (bicyclic) bond motifs is 9. The Morgan fingerprint density at radius 1 is 0.449 bits per heavy atom. The fourth-order valence-electron chi connectivity index (χ4n) is 8.99. The number of rotatable bonds is 4. The molecule has 0 saturated heterocycles. The normalized spacial score (nSPS) is 14.8. The molecule has 0 spiro atoms. The Balaban J connectivity index is 1.22. The van der Waals surface area contributed by atoms with E-state index in [1.54, 1.807) is 0 Å². The zero-order valence-corrected chi connectivity index (χ0v) is 27.9. The van der Waals surface area contributed by atoms with E-state index >= 15 is 0 Å². The highest BCUT2D eigenvalue weighted by atomic mass is 16.3. The summed E-state index contributed by atoms with van der Waals surface area (Å²) in [5.41, 5.74) is 16.5. The van der Waals surface area contributed by atoms with Gasteiger partial charge in [-0.05, 0) is 87.8 Å². The van der Waals surface area contributed by atoms with E-state index in [-0.39, 0.29) is 10.8 Å². The van der Waals surface area contributed by atoms with Gasteiger partial charge in [0.05, 0.1) is 11.1 Å². The maximum atomic E-state index is 6.98. The summed E-state index contributed by atoms with van der Waals surface area (Å²) in [6.07, 6.45) is 0. The van der Waals surface area contributed by atoms with E-state index < -0.39 is 0 Å². The fraction of sp³-hybridized carbons (Fsp3) is 0.106. The third-order valence-corrected chi connectivity index (χ3v) is 11.3. The van der Waals surface area contributed by atoms with E-state index in [9.17, 15) is 0 Å². The minimum absolute atomic E-state index is 0.100. The monoisotopic (exact) mass is 629 g/mol. The molecule has 0 aliphatic heterocycles. The van der Waals surface area contributed by atoms with Gasteiger partial charge in [0, 0.05) is 33.2 Å². The zero-order chi connectivity index (χ0) is 32.9. The van der Waals surface area contributed by atoms with Crippen molar-refractivity contribution in [2.45, 2.75) is 31.6 Å². The van der Waals surface area contributed by atoms with Crippen molar-refractivity contribution in [2.24, 2.45) is 0 Å². The standard InChI is InChI=1S/C47H35NO/c1-46(2)37-21-10-7-17-32(37)35-28-27-31(29-41(35)46)48(30-15-5-4-6-16-30)42-25-14-26-43-44(42)36-20-13-24-40(45(36)49-43)47(3)38-22-11-8-18-33(38)34-19-9-12-23-39(34)47/h4-29H,1-3H3. The highest BCUT2D eigenvalue weighted by Crippen LogP contribution is 2.55. The summed E-state index contributed by atoms with van der Waals surface area (Å²) in [6.45, 7) is 7.06. The van der Waals surface area contributed by atoms with Gasteiger partial charge >= 0.3 is 0 Å². The van der Waals surface area contributed by atoms with Crippen molar-refractivity contribution < 1.29 is 4.42 Å². The number of benzene rings is 7. The van der Waals surface area contributed by atoms with Crippen LogP contribution in [0, 0.1) is 0 Å². The molecular formula is C47H35NO. The van der Waals surface area contributed by atoms with Crippen molar-refractivity contribution >= 4 is 39.0 Å². The average molecular weight is 630 g/mol. The summed E-state index contributed by atoms with van der Waals surface area (Å²) in [4.78, 5) is 2.41. The molecule has 2 heteroatoms. The summed E-state index contributed by atoms with van der Waals surface area (Å²) in [5.74, 6) is 0. The van der Waals surface area contributed by atoms with Gasteiger partial charge in [-0.3, -0.25) is 0 Å². The number of anilines is 3. The predicted octanol–water partition coefficient (Wildman–Crippen LogP) is 12.7. The molecule has 0 amide bonds. The first-order valence-corrected chi connectivity index (χ1v) is 17.2. The maximum Gasteiger partial charge on any atom is 0.139 e. The summed E-state index contributed by atoms with van der Waals surface area (Å²) in [7, 11) is 0. The van der Waals surface area contributed by atoms with E-state index in [1.165, 1.54) is 50.1 Å². The molecule has 2 aliphatic carbocycles. The lowest BCUT2D eigenvalue weighted by molar-refractivity contribution is 0.638. The van der Waals surface area contributed by atoms with E-state index in [0.29, 0.717) is 0 Å². The molecule has 0 N–H and O–H groups in total. The van der Waals surface area contributed by atoms with Crippen LogP contribution >= 0.6 is 0 Å². The quantitative estimate of drug-likeness (QED) is 0.193. The van der Waals surface area contributed by atoms with E-state index in [2.05, 4.69) is 183 Å². The molecule has 0 saturated carbocycles. The van der Waals surface area contributed by atoms with Gasteiger partial charge in [-0.1, -0.05) is 135 Å². The van der Waals surface area contributed by atoms with Crippen LogP contribution in [0.2, 0.25) is 0 Å². The lowest BCUT2D eigenvalue weighted by Crippen LogP contribution is -2.22. The fourth-order valence-corrected chi connectivity index (χ4v) is 8.99. The van der Waals surface area contributed by atoms with Gasteiger partial charge in [-0.2, -0.15) is 0 Å². The van der Waals surface area contributed by atoms with Crippen LogP contribution in [0.25, 0.3) is 44.2 Å². The molecule has 0 atom stereocenters. The molecule has 234 valence electrons. The number of hydrogen-bond donors (Lipinski definition) is 0. The van der Waals surface area contributed by atoms with Gasteiger partial charge < -0.3 is 9.32 Å². The smallest absolute Gasteiger partial charge is 0.139 e. The first-order valence-electron chi connectivity index (χ1n) is 17.2. The van der Waals surface area contributed by atoms with Gasteiger partial charge in [0.1, 0.15) is 11.2 Å². The molecule has 49 heavy (non-hydrogen) atoms. The summed E-state index contributed by atoms with van der Waals surface area (Å²) >= 11 is 0. The van der Waals surface area contributed by atoms with Crippen molar-refractivity contribution in [2.75, 3.05) is 4.90 Å². The van der Waals surface area contributed by atoms with Crippen molar-refractivity contribution in [3.63, 3.8) is 0 Å². The molecule has 0 fully saturated rings. The Bertz CT molecular complexity index is 2560. The Morgan fingerprint density at radius 2 is 1.02 bits per heavy atom. The number of nitrogens with zero attached hydrogens (tertiary/aromatic N) is 1. The molecule has 0 radical (unpaired) electrons. The van der Waals surface area contributed by atoms with Crippen LogP contribution in [0.3, 0.4) is 0 Å². The summed E-state index contributed by atoms with van der Waals surface area (Å²) in [6, 6.07) is 57.5. The van der Waals surface area contributed by atoms with Crippen LogP contribution < -0.4 is 4.90 Å². The topological polar surface area (TPSA) is 16.4 Å². The van der Waals surface area contributed by atoms with Gasteiger partial charge in [0.15, 0.2) is 0 Å². The lowest BCUT2D eigenvalue weighted by Gasteiger charge is -2.29. The number of para-hydroxylation sites is 2. The second-order valence-corrected chi connectivity index (χ2v) is 14.2. The Labute approximate surface area is 286 Å². The van der Waals surface area contributed by atoms with Crippen molar-refractivity contribution in [3.05, 3.63) is 186 Å². The molecule has 0 bridgehead atoms. The average Bonchev–Trinajstić information content (AvgIpc) is 3.74. The van der Waals surface area contributed by atoms with Crippen LogP contribution in [0.15, 0.2) is 162 Å². The molecule has 1 heterocycles. The Kier molecular flexibility index (Phi) is 5.79. The van der Waals surface area contributed by atoms with E-state index in [4.69, 9.17) is 4.42 Å². The molecule has 1 aromatic heterocycles. The highest BCUT2D eigenvalue weighted by molar-refractivity contribution is 6.14. The summed E-state index contributed by atoms with van der Waals surface area (Å²) in [5, 5.41) is 2.25. The van der Waals surface area contributed by atoms with Gasteiger partial charge in [-0.15, -0.1) is 0 Å². The molecule has 8 aromatic rings. The summed E-state index contributed by atoms with van der Waals surface area (Å²) < 4.78 is 6.98. The lowest BCUT2D eigenvalue weighted by atomic mass is 9.74. The SMILES string of the molecule is CC1(C)c2ccccc2-c2ccc(N(c3ccccc3)c3cccc4oc5c(C6(C)c7ccccc7-c7ccccc76)cccc5c34)cc21. The third kappa shape index (κ3) is 3.77. The first kappa shape index (κ1) is 28.2. The van der Waals surface area contributed by atoms with Crippen molar-refractivity contribution in [1.29, 1.82) is 0 Å². The van der Waals surface area contributed by atoms with Crippen LogP contribution in [-0.2, 0) is 10.8 Å². The highest BCUT2D eigenvalue weighted by Gasteiger charge is 2.42. The van der Waals surface area contributed by atoms with E-state index in [0.717, 1.165) is 39.0 Å². The Morgan fingerprint density at radius 3 is 1.73 bits per heavy atom. The first-order chi connectivity index (χ1) is 24.0.